The summed E-state index contributed by atoms with van der Waals surface area (Å²) in [6.45, 7) is 4.20. The first-order chi connectivity index (χ1) is 14.9. The molecule has 0 spiro atoms. The minimum absolute atomic E-state index is 0. The number of carbonyl (C=O) groups excluding carboxylic acids is 1. The van der Waals surface area contributed by atoms with E-state index in [4.69, 9.17) is 11.6 Å². The molecule has 172 valence electrons. The van der Waals surface area contributed by atoms with Gasteiger partial charge in [0.25, 0.3) is 6.43 Å². The molecule has 14 heteroatoms. The number of H-pyrrole nitrogens is 1. The standard InChI is InChI=1S/C18H20ClF2N9O.ClH/c1-2-13(31)29-5-3-4-10(7-29)23-16-14-15(19)27-28-17(14)26-18(25-16)24-11-6-22-30(8-11)9-12(20)21;/h2,6,8,10,12H,1,3-5,7,9H2,(H3,23,24,25,26,27,28);1H. The molecule has 1 aliphatic heterocycles. The molecule has 0 aromatic carbocycles. The van der Waals surface area contributed by atoms with Crippen molar-refractivity contribution in [1.82, 2.24) is 34.8 Å². The number of carbonyl (C=O) groups is 1. The summed E-state index contributed by atoms with van der Waals surface area (Å²) in [4.78, 5) is 22.5. The van der Waals surface area contributed by atoms with Crippen LogP contribution in [-0.2, 0) is 11.3 Å². The van der Waals surface area contributed by atoms with Gasteiger partial charge >= 0.3 is 0 Å². The number of nitrogens with one attached hydrogen (secondary N) is 3. The second kappa shape index (κ2) is 10.1. The summed E-state index contributed by atoms with van der Waals surface area (Å²) in [6, 6.07) is -0.0524. The Morgan fingerprint density at radius 3 is 3.00 bits per heavy atom. The van der Waals surface area contributed by atoms with E-state index in [1.807, 2.05) is 0 Å². The van der Waals surface area contributed by atoms with Crippen molar-refractivity contribution in [3.05, 3.63) is 30.2 Å². The highest BCUT2D eigenvalue weighted by Gasteiger charge is 2.24. The lowest BCUT2D eigenvalue weighted by Crippen LogP contribution is -2.44. The van der Waals surface area contributed by atoms with Crippen LogP contribution in [-0.4, -0.2) is 66.3 Å². The van der Waals surface area contributed by atoms with Gasteiger partial charge in [-0.25, -0.2) is 8.78 Å². The van der Waals surface area contributed by atoms with E-state index in [0.29, 0.717) is 35.6 Å². The number of nitrogens with zero attached hydrogens (tertiary/aromatic N) is 6. The number of anilines is 3. The van der Waals surface area contributed by atoms with Gasteiger partial charge in [0, 0.05) is 25.3 Å². The number of piperidine rings is 1. The fourth-order valence-corrected chi connectivity index (χ4v) is 3.68. The second-order valence-corrected chi connectivity index (χ2v) is 7.45. The van der Waals surface area contributed by atoms with Gasteiger partial charge < -0.3 is 15.5 Å². The molecule has 1 aliphatic rings. The van der Waals surface area contributed by atoms with Crippen molar-refractivity contribution < 1.29 is 13.6 Å². The van der Waals surface area contributed by atoms with Crippen LogP contribution in [0.3, 0.4) is 0 Å². The van der Waals surface area contributed by atoms with Crippen molar-refractivity contribution in [1.29, 1.82) is 0 Å². The topological polar surface area (TPSA) is 117 Å². The third-order valence-corrected chi connectivity index (χ3v) is 5.11. The molecule has 4 rings (SSSR count). The van der Waals surface area contributed by atoms with Gasteiger partial charge in [0.15, 0.2) is 5.65 Å². The fourth-order valence-electron chi connectivity index (χ4n) is 3.47. The SMILES string of the molecule is C=CC(=O)N1CCCC(Nc2nc(Nc3cnn(CC(F)F)c3)nc3n[nH]c(Cl)c23)C1.Cl. The summed E-state index contributed by atoms with van der Waals surface area (Å²) in [5.74, 6) is 0.526. The quantitative estimate of drug-likeness (QED) is 0.438. The number of aromatic amines is 1. The molecular formula is C18H21Cl2F2N9O. The van der Waals surface area contributed by atoms with Gasteiger partial charge in [-0.15, -0.1) is 12.4 Å². The van der Waals surface area contributed by atoms with E-state index in [2.05, 4.69) is 42.5 Å². The lowest BCUT2D eigenvalue weighted by molar-refractivity contribution is -0.127. The summed E-state index contributed by atoms with van der Waals surface area (Å²) in [5.41, 5.74) is 0.785. The van der Waals surface area contributed by atoms with Crippen LogP contribution < -0.4 is 10.6 Å². The van der Waals surface area contributed by atoms with Crippen molar-refractivity contribution in [2.45, 2.75) is 31.9 Å². The number of amides is 1. The Bertz CT molecular complexity index is 1100. The molecule has 1 saturated heterocycles. The molecule has 1 amide bonds. The van der Waals surface area contributed by atoms with E-state index in [9.17, 15) is 13.6 Å². The molecule has 0 saturated carbocycles. The summed E-state index contributed by atoms with van der Waals surface area (Å²) >= 11 is 6.24. The maximum atomic E-state index is 12.5. The van der Waals surface area contributed by atoms with Crippen LogP contribution in [0.5, 0.6) is 0 Å². The third kappa shape index (κ3) is 5.25. The van der Waals surface area contributed by atoms with E-state index in [0.717, 1.165) is 17.5 Å². The Kier molecular flexibility index (Phi) is 7.46. The van der Waals surface area contributed by atoms with Gasteiger partial charge in [-0.05, 0) is 18.9 Å². The molecule has 3 N–H and O–H groups in total. The molecule has 0 aliphatic carbocycles. The molecular weight excluding hydrogens is 467 g/mol. The first-order valence-electron chi connectivity index (χ1n) is 9.60. The van der Waals surface area contributed by atoms with Crippen LogP contribution in [0.1, 0.15) is 12.8 Å². The Hall–Kier alpha value is -2.99. The van der Waals surface area contributed by atoms with Gasteiger partial charge in [0.05, 0.1) is 11.9 Å². The Balaban J connectivity index is 0.00000289. The van der Waals surface area contributed by atoms with Crippen molar-refractivity contribution >= 4 is 58.4 Å². The monoisotopic (exact) mass is 487 g/mol. The zero-order valence-corrected chi connectivity index (χ0v) is 18.3. The molecule has 1 fully saturated rings. The minimum atomic E-state index is -2.51. The van der Waals surface area contributed by atoms with Crippen LogP contribution in [0.15, 0.2) is 25.0 Å². The average molecular weight is 488 g/mol. The lowest BCUT2D eigenvalue weighted by Gasteiger charge is -2.32. The van der Waals surface area contributed by atoms with Crippen molar-refractivity contribution in [2.75, 3.05) is 23.7 Å². The lowest BCUT2D eigenvalue weighted by atomic mass is 10.1. The Morgan fingerprint density at radius 2 is 2.25 bits per heavy atom. The summed E-state index contributed by atoms with van der Waals surface area (Å²) in [7, 11) is 0. The first-order valence-corrected chi connectivity index (χ1v) is 9.98. The van der Waals surface area contributed by atoms with Gasteiger partial charge in [-0.2, -0.15) is 20.2 Å². The number of hydrogen-bond donors (Lipinski definition) is 3. The highest BCUT2D eigenvalue weighted by atomic mass is 35.5. The van der Waals surface area contributed by atoms with Crippen LogP contribution in [0.2, 0.25) is 5.15 Å². The predicted octanol–water partition coefficient (Wildman–Crippen LogP) is 3.22. The Morgan fingerprint density at radius 1 is 1.44 bits per heavy atom. The largest absolute Gasteiger partial charge is 0.365 e. The molecule has 0 radical (unpaired) electrons. The first kappa shape index (κ1) is 23.7. The van der Waals surface area contributed by atoms with E-state index in [1.54, 1.807) is 4.90 Å². The number of halogens is 4. The number of alkyl halides is 2. The molecule has 1 unspecified atom stereocenters. The summed E-state index contributed by atoms with van der Waals surface area (Å²) < 4.78 is 26.2. The maximum Gasteiger partial charge on any atom is 0.257 e. The van der Waals surface area contributed by atoms with Crippen LogP contribution in [0, 0.1) is 0 Å². The molecule has 0 bridgehead atoms. The van der Waals surface area contributed by atoms with Gasteiger partial charge in [0.1, 0.15) is 22.9 Å². The average Bonchev–Trinajstić information content (AvgIpc) is 3.33. The highest BCUT2D eigenvalue weighted by molar-refractivity contribution is 6.35. The van der Waals surface area contributed by atoms with Gasteiger partial charge in [0.2, 0.25) is 11.9 Å². The van der Waals surface area contributed by atoms with Gasteiger partial charge in [-0.3, -0.25) is 14.6 Å². The highest BCUT2D eigenvalue weighted by Crippen LogP contribution is 2.29. The number of fused-ring (bicyclic) bond motifs is 1. The molecule has 1 atom stereocenters. The minimum Gasteiger partial charge on any atom is -0.365 e. The smallest absolute Gasteiger partial charge is 0.257 e. The zero-order valence-electron chi connectivity index (χ0n) is 16.8. The van der Waals surface area contributed by atoms with E-state index >= 15 is 0 Å². The predicted molar refractivity (Wildman–Crippen MR) is 119 cm³/mol. The molecule has 3 aromatic rings. The Labute approximate surface area is 192 Å². The summed E-state index contributed by atoms with van der Waals surface area (Å²) in [5, 5.41) is 17.7. The molecule has 4 heterocycles. The number of rotatable bonds is 7. The fraction of sp³-hybridized carbons (Fsp3) is 0.389. The van der Waals surface area contributed by atoms with Gasteiger partial charge in [-0.1, -0.05) is 18.2 Å². The molecule has 32 heavy (non-hydrogen) atoms. The zero-order chi connectivity index (χ0) is 22.0. The van der Waals surface area contributed by atoms with Crippen molar-refractivity contribution in [3.8, 4) is 0 Å². The van der Waals surface area contributed by atoms with E-state index < -0.39 is 13.0 Å². The van der Waals surface area contributed by atoms with Crippen LogP contribution >= 0.6 is 24.0 Å². The normalized spacial score (nSPS) is 16.1. The van der Waals surface area contributed by atoms with Crippen molar-refractivity contribution in [3.63, 3.8) is 0 Å². The van der Waals surface area contributed by atoms with Crippen LogP contribution in [0.25, 0.3) is 11.0 Å². The number of hydrogen-bond acceptors (Lipinski definition) is 7. The summed E-state index contributed by atoms with van der Waals surface area (Å²) in [6.07, 6.45) is 3.30. The molecule has 3 aromatic heterocycles. The number of aromatic nitrogens is 6. The van der Waals surface area contributed by atoms with E-state index in [-0.39, 0.29) is 35.5 Å². The second-order valence-electron chi connectivity index (χ2n) is 7.07. The van der Waals surface area contributed by atoms with E-state index in [1.165, 1.54) is 18.5 Å². The van der Waals surface area contributed by atoms with Crippen molar-refractivity contribution in [2.24, 2.45) is 0 Å². The molecule has 10 nitrogen and oxygen atoms in total. The van der Waals surface area contributed by atoms with Crippen LogP contribution in [0.4, 0.5) is 26.2 Å². The third-order valence-electron chi connectivity index (χ3n) is 4.83. The number of likely N-dealkylation sites (tertiary alicyclic amines) is 1. The maximum absolute atomic E-state index is 12.5.